The van der Waals surface area contributed by atoms with Crippen molar-refractivity contribution >= 4 is 81.2 Å². The Labute approximate surface area is 299 Å². The van der Waals surface area contributed by atoms with E-state index in [4.69, 9.17) is 15.2 Å². The number of hydrogen-bond donors (Lipinski definition) is 4. The number of piperidine rings is 1. The molecule has 234 valence electrons. The topological polar surface area (TPSA) is 177 Å². The van der Waals surface area contributed by atoms with Crippen LogP contribution in [0.2, 0.25) is 0 Å². The molecule has 1 aliphatic rings. The van der Waals surface area contributed by atoms with Gasteiger partial charge in [0.05, 0.1) is 0 Å². The van der Waals surface area contributed by atoms with E-state index in [-0.39, 0.29) is 87.9 Å². The molecule has 5 N–H and O–H groups in total. The molecule has 0 bridgehead atoms. The molecule has 1 aliphatic heterocycles. The third kappa shape index (κ3) is 11.8. The van der Waals surface area contributed by atoms with Crippen LogP contribution in [-0.4, -0.2) is 123 Å². The molecule has 0 spiro atoms. The van der Waals surface area contributed by atoms with E-state index >= 15 is 0 Å². The van der Waals surface area contributed by atoms with Gasteiger partial charge in [-0.15, -0.1) is 0 Å². The van der Waals surface area contributed by atoms with E-state index in [0.29, 0.717) is 43.7 Å². The van der Waals surface area contributed by atoms with E-state index in [2.05, 4.69) is 10.6 Å². The Balaban J connectivity index is 0.00000675. The van der Waals surface area contributed by atoms with Crippen molar-refractivity contribution in [2.24, 2.45) is 17.6 Å². The van der Waals surface area contributed by atoms with Crippen molar-refractivity contribution in [1.82, 2.24) is 15.5 Å². The van der Waals surface area contributed by atoms with Crippen LogP contribution >= 0.6 is 0 Å². The van der Waals surface area contributed by atoms with Gasteiger partial charge in [0, 0.05) is 25.4 Å². The summed E-state index contributed by atoms with van der Waals surface area (Å²) in [4.78, 5) is 63.1. The second-order valence-corrected chi connectivity index (χ2v) is 11.1. The number of primary amides is 1. The first-order valence-corrected chi connectivity index (χ1v) is 14.3. The van der Waals surface area contributed by atoms with Crippen LogP contribution in [0.5, 0.6) is 11.5 Å². The maximum atomic E-state index is 13.1. The molecule has 0 aromatic heterocycles. The number of aryl methyl sites for hydroxylation is 1. The second kappa shape index (κ2) is 18.1. The van der Waals surface area contributed by atoms with Crippen LogP contribution in [0.3, 0.4) is 0 Å². The Morgan fingerprint density at radius 3 is 2.18 bits per heavy atom. The Bertz CT molecular complexity index is 1300. The van der Waals surface area contributed by atoms with Gasteiger partial charge >= 0.3 is 63.4 Å². The van der Waals surface area contributed by atoms with Crippen LogP contribution in [0.15, 0.2) is 48.5 Å². The molecule has 4 amide bonds. The molecule has 2 aromatic carbocycles. The number of carboxylic acids is 1. The average Bonchev–Trinajstić information content (AvgIpc) is 2.96. The normalized spacial score (nSPS) is 14.5. The van der Waals surface area contributed by atoms with Crippen molar-refractivity contribution in [3.05, 3.63) is 59.7 Å². The van der Waals surface area contributed by atoms with Gasteiger partial charge in [0.15, 0.2) is 6.61 Å². The first-order valence-electron chi connectivity index (χ1n) is 14.3. The summed E-state index contributed by atoms with van der Waals surface area (Å²) >= 11 is 0. The van der Waals surface area contributed by atoms with Crippen molar-refractivity contribution in [1.29, 1.82) is 0 Å². The fourth-order valence-electron chi connectivity index (χ4n) is 4.71. The number of rotatable bonds is 13. The molecule has 1 heterocycles. The van der Waals surface area contributed by atoms with Crippen molar-refractivity contribution < 1.29 is 38.6 Å². The number of benzene rings is 2. The van der Waals surface area contributed by atoms with Crippen LogP contribution in [-0.2, 0) is 25.6 Å². The fourth-order valence-corrected chi connectivity index (χ4v) is 4.71. The number of para-hydroxylation sites is 1. The first kappa shape index (κ1) is 37.2. The third-order valence-corrected chi connectivity index (χ3v) is 7.15. The van der Waals surface area contributed by atoms with Gasteiger partial charge in [-0.2, -0.15) is 0 Å². The zero-order valence-corrected chi connectivity index (χ0v) is 24.7. The second-order valence-electron chi connectivity index (χ2n) is 11.1. The molecule has 1 fully saturated rings. The number of likely N-dealkylation sites (tertiary alicyclic amines) is 1. The third-order valence-electron chi connectivity index (χ3n) is 7.15. The van der Waals surface area contributed by atoms with Gasteiger partial charge in [0.2, 0.25) is 11.8 Å². The molecule has 0 radical (unpaired) electrons. The van der Waals surface area contributed by atoms with Crippen LogP contribution in [0.4, 0.5) is 4.79 Å². The van der Waals surface area contributed by atoms with Crippen LogP contribution < -0.4 is 25.8 Å². The van der Waals surface area contributed by atoms with Gasteiger partial charge in [-0.25, -0.2) is 9.59 Å². The van der Waals surface area contributed by atoms with E-state index in [0.717, 1.165) is 5.56 Å². The standard InChI is InChI=1S/C31H40N4O8.K.H/c1-19(2)16-24(33-27(36)18-42-26-7-5-4-6-20(26)3)29(38)34-25(30(39)40)17-21-8-10-23(11-9-21)43-31(41)35-14-12-22(13-15-35)28(32)37;;/h4-11,19,22,24-25H,12-18H2,1-3H3,(H2,32,37)(H,33,36)(H,34,38)(H,39,40);;/t24-,25-;;/m0../s1. The van der Waals surface area contributed by atoms with E-state index in [1.807, 2.05) is 32.9 Å². The Hall–Kier alpha value is -2.97. The number of nitrogens with zero attached hydrogens (tertiary/aromatic N) is 1. The van der Waals surface area contributed by atoms with E-state index in [1.54, 1.807) is 36.4 Å². The van der Waals surface area contributed by atoms with Crippen LogP contribution in [0.25, 0.3) is 0 Å². The molecule has 13 heteroatoms. The predicted molar refractivity (Wildman–Crippen MR) is 164 cm³/mol. The summed E-state index contributed by atoms with van der Waals surface area (Å²) in [5.41, 5.74) is 6.79. The van der Waals surface area contributed by atoms with Gasteiger partial charge in [0.25, 0.3) is 5.91 Å². The molecule has 2 atom stereocenters. The number of carboxylic acid groups (broad SMARTS) is 1. The maximum absolute atomic E-state index is 13.1. The number of aliphatic carboxylic acids is 1. The molecule has 44 heavy (non-hydrogen) atoms. The van der Waals surface area contributed by atoms with Crippen molar-refractivity contribution in [2.45, 2.75) is 58.5 Å². The molecule has 0 saturated carbocycles. The summed E-state index contributed by atoms with van der Waals surface area (Å²) in [5.74, 6) is -2.10. The van der Waals surface area contributed by atoms with Gasteiger partial charge in [-0.05, 0) is 61.4 Å². The fraction of sp³-hybridized carbons (Fsp3) is 0.452. The van der Waals surface area contributed by atoms with E-state index in [1.165, 1.54) is 4.90 Å². The number of nitrogens with two attached hydrogens (primary N) is 1. The van der Waals surface area contributed by atoms with E-state index in [9.17, 15) is 29.1 Å². The first-order chi connectivity index (χ1) is 20.4. The molecule has 3 rings (SSSR count). The van der Waals surface area contributed by atoms with Crippen molar-refractivity contribution in [3.8, 4) is 11.5 Å². The number of carbonyl (C=O) groups excluding carboxylic acids is 4. The summed E-state index contributed by atoms with van der Waals surface area (Å²) in [7, 11) is 0. The molecule has 0 unspecified atom stereocenters. The van der Waals surface area contributed by atoms with Gasteiger partial charge in [-0.1, -0.05) is 44.2 Å². The van der Waals surface area contributed by atoms with Crippen molar-refractivity contribution in [3.63, 3.8) is 0 Å². The molecule has 0 aliphatic carbocycles. The minimum atomic E-state index is -1.26. The monoisotopic (exact) mass is 636 g/mol. The SMILES string of the molecule is Cc1ccccc1OCC(=O)N[C@@H](CC(C)C)C(=O)N[C@@H](Cc1ccc(OC(=O)N2CCC(C(N)=O)CC2)cc1)C(=O)O.[KH]. The number of nitrogens with one attached hydrogen (secondary N) is 2. The molecular weight excluding hydrogens is 595 g/mol. The van der Waals surface area contributed by atoms with Gasteiger partial charge in [-0.3, -0.25) is 14.4 Å². The minimum absolute atomic E-state index is 0. The quantitative estimate of drug-likeness (QED) is 0.240. The molecule has 2 aromatic rings. The predicted octanol–water partition coefficient (Wildman–Crippen LogP) is 1.76. The summed E-state index contributed by atoms with van der Waals surface area (Å²) < 4.78 is 11.0. The van der Waals surface area contributed by atoms with Crippen molar-refractivity contribution in [2.75, 3.05) is 19.7 Å². The Morgan fingerprint density at radius 1 is 0.977 bits per heavy atom. The molecule has 1 saturated heterocycles. The summed E-state index contributed by atoms with van der Waals surface area (Å²) in [5, 5.41) is 15.0. The number of ether oxygens (including phenoxy) is 2. The Morgan fingerprint density at radius 2 is 1.61 bits per heavy atom. The Kier molecular flexibility index (Phi) is 15.3. The van der Waals surface area contributed by atoms with Gasteiger partial charge < -0.3 is 35.8 Å². The zero-order valence-electron chi connectivity index (χ0n) is 24.7. The molecular formula is C31H41KN4O8. The summed E-state index contributed by atoms with van der Waals surface area (Å²) in [6.45, 7) is 6.07. The van der Waals surface area contributed by atoms with Crippen LogP contribution in [0, 0.1) is 18.8 Å². The number of amides is 4. The molecule has 12 nitrogen and oxygen atoms in total. The zero-order chi connectivity index (χ0) is 31.5. The van der Waals surface area contributed by atoms with Crippen LogP contribution in [0.1, 0.15) is 44.2 Å². The summed E-state index contributed by atoms with van der Waals surface area (Å²) in [6.07, 6.45) is 0.681. The average molecular weight is 637 g/mol. The number of carbonyl (C=O) groups is 5. The van der Waals surface area contributed by atoms with Gasteiger partial charge in [0.1, 0.15) is 23.6 Å². The number of hydrogen-bond acceptors (Lipinski definition) is 7. The van der Waals surface area contributed by atoms with E-state index < -0.39 is 36.0 Å². The summed E-state index contributed by atoms with van der Waals surface area (Å²) in [6, 6.07) is 11.3.